The number of anilines is 3. The topological polar surface area (TPSA) is 75.2 Å². The van der Waals surface area contributed by atoms with Gasteiger partial charge >= 0.3 is 0 Å². The number of nitrogens with zero attached hydrogens (tertiary/aromatic N) is 3. The standard InChI is InChI=1S/C19H26N4O2S/c1-12-8-13(2)18(14(3)9-12)22-19-20-15(4)10-17(21-19)23(5)16-6-7-26(24,25)11-16/h8-10,16H,6-7,11H2,1-5H3,(H,20,21,22). The van der Waals surface area contributed by atoms with Crippen LogP contribution in [0.1, 0.15) is 28.8 Å². The minimum absolute atomic E-state index is 0.0370. The quantitative estimate of drug-likeness (QED) is 0.886. The molecule has 3 rings (SSSR count). The van der Waals surface area contributed by atoms with E-state index in [4.69, 9.17) is 0 Å². The van der Waals surface area contributed by atoms with Crippen LogP contribution >= 0.6 is 0 Å². The molecule has 2 heterocycles. The number of rotatable bonds is 4. The summed E-state index contributed by atoms with van der Waals surface area (Å²) in [7, 11) is -1.03. The number of aromatic nitrogens is 2. The van der Waals surface area contributed by atoms with Crippen LogP contribution in [-0.2, 0) is 9.84 Å². The van der Waals surface area contributed by atoms with Gasteiger partial charge in [0.15, 0.2) is 9.84 Å². The Morgan fingerprint density at radius 3 is 2.31 bits per heavy atom. The number of aryl methyl sites for hydroxylation is 4. The second-order valence-electron chi connectivity index (χ2n) is 7.26. The number of benzene rings is 1. The van der Waals surface area contributed by atoms with Gasteiger partial charge in [0.25, 0.3) is 0 Å². The third kappa shape index (κ3) is 3.98. The molecule has 1 aliphatic heterocycles. The van der Waals surface area contributed by atoms with Crippen molar-refractivity contribution < 1.29 is 8.42 Å². The van der Waals surface area contributed by atoms with E-state index in [1.807, 2.05) is 24.9 Å². The van der Waals surface area contributed by atoms with Gasteiger partial charge in [0.05, 0.1) is 11.5 Å². The average Bonchev–Trinajstić information content (AvgIpc) is 2.89. The highest BCUT2D eigenvalue weighted by Gasteiger charge is 2.31. The summed E-state index contributed by atoms with van der Waals surface area (Å²) in [5.74, 6) is 1.71. The van der Waals surface area contributed by atoms with Crippen LogP contribution in [0.25, 0.3) is 0 Å². The van der Waals surface area contributed by atoms with Crippen molar-refractivity contribution in [2.75, 3.05) is 28.8 Å². The first-order chi connectivity index (χ1) is 12.1. The summed E-state index contributed by atoms with van der Waals surface area (Å²) < 4.78 is 23.6. The second kappa shape index (κ2) is 6.87. The van der Waals surface area contributed by atoms with E-state index in [1.54, 1.807) is 0 Å². The predicted molar refractivity (Wildman–Crippen MR) is 106 cm³/mol. The van der Waals surface area contributed by atoms with Gasteiger partial charge in [-0.15, -0.1) is 0 Å². The lowest BCUT2D eigenvalue weighted by Gasteiger charge is -2.25. The number of hydrogen-bond donors (Lipinski definition) is 1. The molecule has 1 N–H and O–H groups in total. The molecular weight excluding hydrogens is 348 g/mol. The van der Waals surface area contributed by atoms with Gasteiger partial charge < -0.3 is 10.2 Å². The summed E-state index contributed by atoms with van der Waals surface area (Å²) in [6.45, 7) is 8.13. The van der Waals surface area contributed by atoms with E-state index in [0.29, 0.717) is 12.4 Å². The molecule has 7 heteroatoms. The molecule has 1 aromatic heterocycles. The lowest BCUT2D eigenvalue weighted by molar-refractivity contribution is 0.600. The van der Waals surface area contributed by atoms with E-state index in [1.165, 1.54) is 5.56 Å². The maximum absolute atomic E-state index is 11.8. The largest absolute Gasteiger partial charge is 0.355 e. The molecule has 1 unspecified atom stereocenters. The fourth-order valence-corrected chi connectivity index (χ4v) is 5.32. The first-order valence-electron chi connectivity index (χ1n) is 8.78. The van der Waals surface area contributed by atoms with Crippen molar-refractivity contribution in [3.05, 3.63) is 40.6 Å². The molecule has 1 atom stereocenters. The summed E-state index contributed by atoms with van der Waals surface area (Å²) in [4.78, 5) is 11.1. The third-order valence-corrected chi connectivity index (χ3v) is 6.62. The molecule has 0 saturated carbocycles. The fourth-order valence-electron chi connectivity index (χ4n) is 3.55. The maximum Gasteiger partial charge on any atom is 0.229 e. The first-order valence-corrected chi connectivity index (χ1v) is 10.6. The van der Waals surface area contributed by atoms with E-state index >= 15 is 0 Å². The van der Waals surface area contributed by atoms with E-state index in [2.05, 4.69) is 48.2 Å². The molecule has 0 aliphatic carbocycles. The van der Waals surface area contributed by atoms with Gasteiger partial charge in [0.1, 0.15) is 5.82 Å². The highest BCUT2D eigenvalue weighted by molar-refractivity contribution is 7.91. The Kier molecular flexibility index (Phi) is 4.92. The predicted octanol–water partition coefficient (Wildman–Crippen LogP) is 3.08. The molecule has 0 radical (unpaired) electrons. The third-order valence-electron chi connectivity index (χ3n) is 4.87. The SMILES string of the molecule is Cc1cc(C)c(Nc2nc(C)cc(N(C)C3CCS(=O)(=O)C3)n2)c(C)c1. The monoisotopic (exact) mass is 374 g/mol. The van der Waals surface area contributed by atoms with Crippen LogP contribution in [0, 0.1) is 27.7 Å². The minimum atomic E-state index is -2.93. The fraction of sp³-hybridized carbons (Fsp3) is 0.474. The molecular formula is C19H26N4O2S. The Morgan fingerprint density at radius 1 is 1.08 bits per heavy atom. The van der Waals surface area contributed by atoms with E-state index in [9.17, 15) is 8.42 Å². The Labute approximate surface area is 155 Å². The highest BCUT2D eigenvalue weighted by Crippen LogP contribution is 2.27. The van der Waals surface area contributed by atoms with Crippen LogP contribution < -0.4 is 10.2 Å². The van der Waals surface area contributed by atoms with E-state index in [0.717, 1.165) is 28.3 Å². The Bertz CT molecular complexity index is 918. The van der Waals surface area contributed by atoms with Crippen molar-refractivity contribution in [1.82, 2.24) is 9.97 Å². The zero-order valence-corrected chi connectivity index (χ0v) is 16.8. The highest BCUT2D eigenvalue weighted by atomic mass is 32.2. The molecule has 1 saturated heterocycles. The van der Waals surface area contributed by atoms with Crippen LogP contribution in [-0.4, -0.2) is 43.0 Å². The molecule has 0 spiro atoms. The maximum atomic E-state index is 11.8. The van der Waals surface area contributed by atoms with Crippen LogP contribution in [0.5, 0.6) is 0 Å². The minimum Gasteiger partial charge on any atom is -0.355 e. The average molecular weight is 375 g/mol. The van der Waals surface area contributed by atoms with Gasteiger partial charge in [0, 0.05) is 30.5 Å². The van der Waals surface area contributed by atoms with E-state index < -0.39 is 9.84 Å². The van der Waals surface area contributed by atoms with Crippen LogP contribution in [0.2, 0.25) is 0 Å². The van der Waals surface area contributed by atoms with Crippen molar-refractivity contribution in [1.29, 1.82) is 0 Å². The lowest BCUT2D eigenvalue weighted by atomic mass is 10.1. The molecule has 0 amide bonds. The molecule has 140 valence electrons. The summed E-state index contributed by atoms with van der Waals surface area (Å²) in [5.41, 5.74) is 5.36. The molecule has 1 aromatic carbocycles. The zero-order valence-electron chi connectivity index (χ0n) is 16.0. The van der Waals surface area contributed by atoms with Crippen LogP contribution in [0.15, 0.2) is 18.2 Å². The smallest absolute Gasteiger partial charge is 0.229 e. The van der Waals surface area contributed by atoms with Gasteiger partial charge in [-0.3, -0.25) is 0 Å². The van der Waals surface area contributed by atoms with Gasteiger partial charge in [-0.1, -0.05) is 17.7 Å². The van der Waals surface area contributed by atoms with Crippen LogP contribution in [0.4, 0.5) is 17.5 Å². The normalized spacial score (nSPS) is 18.7. The van der Waals surface area contributed by atoms with Gasteiger partial charge in [-0.25, -0.2) is 13.4 Å². The Morgan fingerprint density at radius 2 is 1.73 bits per heavy atom. The van der Waals surface area contributed by atoms with Crippen LogP contribution in [0.3, 0.4) is 0 Å². The number of sulfone groups is 1. The van der Waals surface area contributed by atoms with Gasteiger partial charge in [-0.05, 0) is 45.2 Å². The molecule has 2 aromatic rings. The first kappa shape index (κ1) is 18.6. The van der Waals surface area contributed by atoms with Crippen molar-refractivity contribution in [3.63, 3.8) is 0 Å². The summed E-state index contributed by atoms with van der Waals surface area (Å²) in [6, 6.07) is 6.11. The molecule has 1 aliphatic rings. The van der Waals surface area contributed by atoms with Crippen molar-refractivity contribution >= 4 is 27.3 Å². The molecule has 1 fully saturated rings. The van der Waals surface area contributed by atoms with Gasteiger partial charge in [0.2, 0.25) is 5.95 Å². The van der Waals surface area contributed by atoms with Gasteiger partial charge in [-0.2, -0.15) is 4.98 Å². The number of nitrogens with one attached hydrogen (secondary N) is 1. The Balaban J connectivity index is 1.89. The molecule has 26 heavy (non-hydrogen) atoms. The second-order valence-corrected chi connectivity index (χ2v) is 9.49. The lowest BCUT2D eigenvalue weighted by Crippen LogP contribution is -2.33. The summed E-state index contributed by atoms with van der Waals surface area (Å²) >= 11 is 0. The summed E-state index contributed by atoms with van der Waals surface area (Å²) in [5, 5.41) is 3.34. The molecule has 0 bridgehead atoms. The van der Waals surface area contributed by atoms with Crippen molar-refractivity contribution in [3.8, 4) is 0 Å². The molecule has 6 nitrogen and oxygen atoms in total. The zero-order chi connectivity index (χ0) is 19.1. The van der Waals surface area contributed by atoms with Crippen molar-refractivity contribution in [2.24, 2.45) is 0 Å². The summed E-state index contributed by atoms with van der Waals surface area (Å²) in [6.07, 6.45) is 0.640. The number of hydrogen-bond acceptors (Lipinski definition) is 6. The van der Waals surface area contributed by atoms with E-state index in [-0.39, 0.29) is 17.5 Å². The van der Waals surface area contributed by atoms with Crippen molar-refractivity contribution in [2.45, 2.75) is 40.2 Å². The Hall–Kier alpha value is -2.15.